The van der Waals surface area contributed by atoms with Crippen LogP contribution < -0.4 is 0 Å². The second-order valence-electron chi connectivity index (χ2n) is 2.56. The number of nitrogens with zero attached hydrogens (tertiary/aromatic N) is 1. The summed E-state index contributed by atoms with van der Waals surface area (Å²) in [7, 11) is 0. The van der Waals surface area contributed by atoms with Gasteiger partial charge in [0.2, 0.25) is 0 Å². The van der Waals surface area contributed by atoms with E-state index in [4.69, 9.17) is 0 Å². The molecule has 0 radical (unpaired) electrons. The monoisotopic (exact) mass is 131 g/mol. The summed E-state index contributed by atoms with van der Waals surface area (Å²) >= 11 is 0. The number of hydrogen-bond acceptors (Lipinski definition) is 1. The van der Waals surface area contributed by atoms with Crippen LogP contribution in [0.2, 0.25) is 0 Å². The van der Waals surface area contributed by atoms with Gasteiger partial charge in [-0.2, -0.15) is 0 Å². The van der Waals surface area contributed by atoms with Crippen molar-refractivity contribution in [2.24, 2.45) is 16.8 Å². The molecule has 2 atom stereocenters. The van der Waals surface area contributed by atoms with Crippen molar-refractivity contribution in [3.63, 3.8) is 0 Å². The Kier molecular flexibility index (Phi) is 1.28. The van der Waals surface area contributed by atoms with E-state index >= 15 is 0 Å². The largest absolute Gasteiger partial charge is 0.269 e. The Morgan fingerprint density at radius 2 is 1.70 bits per heavy atom. The lowest BCUT2D eigenvalue weighted by atomic mass is 9.88. The molecule has 0 N–H and O–H groups in total. The third-order valence-corrected chi connectivity index (χ3v) is 1.87. The minimum absolute atomic E-state index is 0.509. The average molecular weight is 131 g/mol. The standard InChI is InChI=1S/C9H9N/c1-2-4-9-7-10-6-5-8(9)3-1/h1-9H/t8?,9-/m0/s1. The Morgan fingerprint density at radius 3 is 2.50 bits per heavy atom. The molecular weight excluding hydrogens is 122 g/mol. The van der Waals surface area contributed by atoms with Gasteiger partial charge in [0, 0.05) is 24.3 Å². The molecule has 2 rings (SSSR count). The first-order valence-electron chi connectivity index (χ1n) is 3.52. The van der Waals surface area contributed by atoms with Gasteiger partial charge in [-0.3, -0.25) is 4.99 Å². The SMILES string of the molecule is C1=CC2C=CN=C[C@@H]2C=C1. The van der Waals surface area contributed by atoms with Crippen molar-refractivity contribution < 1.29 is 0 Å². The molecule has 0 saturated carbocycles. The second-order valence-corrected chi connectivity index (χ2v) is 2.56. The number of rotatable bonds is 0. The summed E-state index contributed by atoms with van der Waals surface area (Å²) < 4.78 is 0. The highest BCUT2D eigenvalue weighted by atomic mass is 14.7. The van der Waals surface area contributed by atoms with Crippen LogP contribution in [0.3, 0.4) is 0 Å². The van der Waals surface area contributed by atoms with Crippen LogP contribution in [-0.4, -0.2) is 6.21 Å². The van der Waals surface area contributed by atoms with Crippen LogP contribution in [0.4, 0.5) is 0 Å². The molecule has 1 heteroatoms. The van der Waals surface area contributed by atoms with Crippen molar-refractivity contribution in [3.05, 3.63) is 36.6 Å². The molecule has 0 aromatic carbocycles. The first-order chi connectivity index (χ1) is 4.97. The Labute approximate surface area is 60.5 Å². The maximum atomic E-state index is 4.07. The number of allylic oxidation sites excluding steroid dienone is 5. The van der Waals surface area contributed by atoms with Crippen LogP contribution in [0.1, 0.15) is 0 Å². The van der Waals surface area contributed by atoms with E-state index in [9.17, 15) is 0 Å². The Balaban J connectivity index is 2.28. The maximum Gasteiger partial charge on any atom is 0.0230 e. The molecule has 1 unspecified atom stereocenters. The third kappa shape index (κ3) is 0.838. The molecule has 50 valence electrons. The van der Waals surface area contributed by atoms with Gasteiger partial charge in [0.25, 0.3) is 0 Å². The maximum absolute atomic E-state index is 4.07. The van der Waals surface area contributed by atoms with E-state index in [0.29, 0.717) is 11.8 Å². The van der Waals surface area contributed by atoms with Crippen molar-refractivity contribution >= 4 is 6.21 Å². The van der Waals surface area contributed by atoms with Gasteiger partial charge >= 0.3 is 0 Å². The molecule has 0 spiro atoms. The van der Waals surface area contributed by atoms with Gasteiger partial charge in [0.1, 0.15) is 0 Å². The number of aliphatic imine (C=N–C) groups is 1. The van der Waals surface area contributed by atoms with Crippen molar-refractivity contribution in [2.75, 3.05) is 0 Å². The van der Waals surface area contributed by atoms with Gasteiger partial charge < -0.3 is 0 Å². The van der Waals surface area contributed by atoms with Crippen LogP contribution in [0, 0.1) is 11.8 Å². The fourth-order valence-electron chi connectivity index (χ4n) is 1.28. The molecular formula is C9H9N. The van der Waals surface area contributed by atoms with E-state index < -0.39 is 0 Å². The molecule has 0 fully saturated rings. The summed E-state index contributed by atoms with van der Waals surface area (Å²) in [6.45, 7) is 0. The Hall–Kier alpha value is -1.11. The molecule has 0 amide bonds. The van der Waals surface area contributed by atoms with Gasteiger partial charge in [-0.25, -0.2) is 0 Å². The van der Waals surface area contributed by atoms with Crippen LogP contribution in [-0.2, 0) is 0 Å². The van der Waals surface area contributed by atoms with Crippen molar-refractivity contribution in [1.82, 2.24) is 0 Å². The van der Waals surface area contributed by atoms with Crippen molar-refractivity contribution in [1.29, 1.82) is 0 Å². The highest BCUT2D eigenvalue weighted by Gasteiger charge is 2.14. The quantitative estimate of drug-likeness (QED) is 0.476. The number of fused-ring (bicyclic) bond motifs is 1. The zero-order valence-electron chi connectivity index (χ0n) is 5.64. The molecule has 0 aromatic heterocycles. The Morgan fingerprint density at radius 1 is 0.900 bits per heavy atom. The zero-order chi connectivity index (χ0) is 6.81. The zero-order valence-corrected chi connectivity index (χ0v) is 5.64. The highest BCUT2D eigenvalue weighted by Crippen LogP contribution is 2.21. The van der Waals surface area contributed by atoms with E-state index in [0.717, 1.165) is 0 Å². The lowest BCUT2D eigenvalue weighted by molar-refractivity contribution is 0.704. The van der Waals surface area contributed by atoms with Gasteiger partial charge in [0.05, 0.1) is 0 Å². The smallest absolute Gasteiger partial charge is 0.0230 e. The topological polar surface area (TPSA) is 12.4 Å². The summed E-state index contributed by atoms with van der Waals surface area (Å²) in [6.07, 6.45) is 14.5. The van der Waals surface area contributed by atoms with Crippen LogP contribution >= 0.6 is 0 Å². The highest BCUT2D eigenvalue weighted by molar-refractivity contribution is 5.67. The summed E-state index contributed by atoms with van der Waals surface area (Å²) in [6, 6.07) is 0. The first kappa shape index (κ1) is 5.66. The van der Waals surface area contributed by atoms with E-state index in [1.807, 2.05) is 12.4 Å². The minimum Gasteiger partial charge on any atom is -0.269 e. The molecule has 10 heavy (non-hydrogen) atoms. The molecule has 0 bridgehead atoms. The fourth-order valence-corrected chi connectivity index (χ4v) is 1.28. The van der Waals surface area contributed by atoms with Crippen LogP contribution in [0.5, 0.6) is 0 Å². The van der Waals surface area contributed by atoms with E-state index in [1.54, 1.807) is 0 Å². The van der Waals surface area contributed by atoms with E-state index in [1.165, 1.54) is 0 Å². The van der Waals surface area contributed by atoms with Gasteiger partial charge in [-0.05, 0) is 0 Å². The van der Waals surface area contributed by atoms with Crippen molar-refractivity contribution in [3.8, 4) is 0 Å². The molecule has 1 aliphatic heterocycles. The summed E-state index contributed by atoms with van der Waals surface area (Å²) in [5.74, 6) is 1.07. The fraction of sp³-hybridized carbons (Fsp3) is 0.222. The molecule has 1 heterocycles. The minimum atomic E-state index is 0.509. The molecule has 0 saturated heterocycles. The number of hydrogen-bond donors (Lipinski definition) is 0. The lowest BCUT2D eigenvalue weighted by Crippen LogP contribution is -2.13. The molecule has 0 aromatic rings. The average Bonchev–Trinajstić information content (AvgIpc) is 2.05. The second kappa shape index (κ2) is 2.25. The molecule has 1 aliphatic carbocycles. The Bertz CT molecular complexity index is 183. The lowest BCUT2D eigenvalue weighted by Gasteiger charge is -2.18. The normalized spacial score (nSPS) is 34.4. The van der Waals surface area contributed by atoms with E-state index in [2.05, 4.69) is 35.4 Å². The first-order valence-corrected chi connectivity index (χ1v) is 3.52. The molecule has 2 aliphatic rings. The predicted octanol–water partition coefficient (Wildman–Crippen LogP) is 1.94. The molecule has 1 nitrogen and oxygen atoms in total. The van der Waals surface area contributed by atoms with Gasteiger partial charge in [-0.1, -0.05) is 30.4 Å². The van der Waals surface area contributed by atoms with Gasteiger partial charge in [-0.15, -0.1) is 0 Å². The van der Waals surface area contributed by atoms with E-state index in [-0.39, 0.29) is 0 Å². The van der Waals surface area contributed by atoms with Gasteiger partial charge in [0.15, 0.2) is 0 Å². The third-order valence-electron chi connectivity index (χ3n) is 1.87. The van der Waals surface area contributed by atoms with Crippen LogP contribution in [0.15, 0.2) is 41.6 Å². The van der Waals surface area contributed by atoms with Crippen LogP contribution in [0.25, 0.3) is 0 Å². The summed E-state index contributed by atoms with van der Waals surface area (Å²) in [4.78, 5) is 4.07. The van der Waals surface area contributed by atoms with Crippen molar-refractivity contribution in [2.45, 2.75) is 0 Å². The predicted molar refractivity (Wildman–Crippen MR) is 42.9 cm³/mol. The summed E-state index contributed by atoms with van der Waals surface area (Å²) in [5.41, 5.74) is 0. The summed E-state index contributed by atoms with van der Waals surface area (Å²) in [5, 5.41) is 0.